The molecule has 0 fully saturated rings. The van der Waals surface area contributed by atoms with Gasteiger partial charge in [0.25, 0.3) is 0 Å². The van der Waals surface area contributed by atoms with Crippen LogP contribution in [0.15, 0.2) is 24.3 Å². The first-order chi connectivity index (χ1) is 8.63. The third-order valence-corrected chi connectivity index (χ3v) is 3.57. The smallest absolute Gasteiger partial charge is 0.131 e. The second kappa shape index (κ2) is 6.07. The molecule has 0 aliphatic rings. The lowest BCUT2D eigenvalue weighted by atomic mass is 10.1. The monoisotopic (exact) mass is 261 g/mol. The van der Waals surface area contributed by atoms with Crippen LogP contribution in [0.3, 0.4) is 0 Å². The van der Waals surface area contributed by atoms with Crippen molar-refractivity contribution in [3.05, 3.63) is 45.4 Å². The van der Waals surface area contributed by atoms with Crippen molar-refractivity contribution >= 4 is 11.3 Å². The van der Waals surface area contributed by atoms with Gasteiger partial charge in [-0.15, -0.1) is 10.2 Å². The summed E-state index contributed by atoms with van der Waals surface area (Å²) in [6.45, 7) is 7.18. The zero-order valence-electron chi connectivity index (χ0n) is 11.1. The Bertz CT molecular complexity index is 488. The summed E-state index contributed by atoms with van der Waals surface area (Å²) >= 11 is 1.69. The van der Waals surface area contributed by atoms with Crippen LogP contribution in [0, 0.1) is 6.92 Å². The Morgan fingerprint density at radius 2 is 1.78 bits per heavy atom. The van der Waals surface area contributed by atoms with Crippen molar-refractivity contribution in [2.75, 3.05) is 0 Å². The van der Waals surface area contributed by atoms with Crippen LogP contribution in [-0.2, 0) is 13.0 Å². The summed E-state index contributed by atoms with van der Waals surface area (Å²) in [6, 6.07) is 9.07. The van der Waals surface area contributed by atoms with Crippen molar-refractivity contribution in [3.63, 3.8) is 0 Å². The highest BCUT2D eigenvalue weighted by molar-refractivity contribution is 7.11. The third-order valence-electron chi connectivity index (χ3n) is 2.65. The Hall–Kier alpha value is -1.26. The average Bonchev–Trinajstić information content (AvgIpc) is 2.77. The van der Waals surface area contributed by atoms with Crippen molar-refractivity contribution in [1.82, 2.24) is 15.5 Å². The Kier molecular flexibility index (Phi) is 4.44. The molecule has 1 heterocycles. The molecule has 96 valence electrons. The number of nitrogens with zero attached hydrogens (tertiary/aromatic N) is 2. The SMILES string of the molecule is Cc1ccc(Cc2nnc(CNC(C)C)s2)cc1. The van der Waals surface area contributed by atoms with Crippen molar-refractivity contribution < 1.29 is 0 Å². The molecular weight excluding hydrogens is 242 g/mol. The van der Waals surface area contributed by atoms with Crippen LogP contribution in [0.5, 0.6) is 0 Å². The molecule has 4 heteroatoms. The van der Waals surface area contributed by atoms with E-state index in [9.17, 15) is 0 Å². The molecule has 2 rings (SSSR count). The largest absolute Gasteiger partial charge is 0.308 e. The van der Waals surface area contributed by atoms with E-state index in [1.54, 1.807) is 11.3 Å². The molecule has 1 aromatic heterocycles. The second-order valence-corrected chi connectivity index (χ2v) is 5.93. The zero-order valence-corrected chi connectivity index (χ0v) is 11.9. The van der Waals surface area contributed by atoms with Crippen LogP contribution in [0.2, 0.25) is 0 Å². The molecule has 0 spiro atoms. The number of aromatic nitrogens is 2. The molecule has 0 unspecified atom stereocenters. The number of rotatable bonds is 5. The van der Waals surface area contributed by atoms with E-state index in [2.05, 4.69) is 60.6 Å². The van der Waals surface area contributed by atoms with Gasteiger partial charge >= 0.3 is 0 Å². The van der Waals surface area contributed by atoms with E-state index >= 15 is 0 Å². The van der Waals surface area contributed by atoms with E-state index < -0.39 is 0 Å². The molecule has 0 saturated heterocycles. The molecule has 0 bridgehead atoms. The second-order valence-electron chi connectivity index (χ2n) is 4.79. The first-order valence-electron chi connectivity index (χ1n) is 6.23. The summed E-state index contributed by atoms with van der Waals surface area (Å²) in [7, 11) is 0. The lowest BCUT2D eigenvalue weighted by Gasteiger charge is -2.03. The topological polar surface area (TPSA) is 37.8 Å². The van der Waals surface area contributed by atoms with Gasteiger partial charge in [0.05, 0.1) is 0 Å². The number of hydrogen-bond acceptors (Lipinski definition) is 4. The van der Waals surface area contributed by atoms with Crippen LogP contribution >= 0.6 is 11.3 Å². The van der Waals surface area contributed by atoms with Crippen LogP contribution in [-0.4, -0.2) is 16.2 Å². The molecule has 0 amide bonds. The minimum Gasteiger partial charge on any atom is -0.308 e. The fourth-order valence-corrected chi connectivity index (χ4v) is 2.43. The normalized spacial score (nSPS) is 11.1. The highest BCUT2D eigenvalue weighted by Crippen LogP contribution is 2.15. The quantitative estimate of drug-likeness (QED) is 0.899. The molecule has 18 heavy (non-hydrogen) atoms. The van der Waals surface area contributed by atoms with Gasteiger partial charge in [-0.05, 0) is 12.5 Å². The van der Waals surface area contributed by atoms with Crippen LogP contribution < -0.4 is 5.32 Å². The number of nitrogens with one attached hydrogen (secondary N) is 1. The molecule has 0 aliphatic heterocycles. The van der Waals surface area contributed by atoms with Gasteiger partial charge in [-0.2, -0.15) is 0 Å². The maximum atomic E-state index is 4.24. The fraction of sp³-hybridized carbons (Fsp3) is 0.429. The highest BCUT2D eigenvalue weighted by atomic mass is 32.1. The first kappa shape index (κ1) is 13.2. The molecule has 0 radical (unpaired) electrons. The minimum absolute atomic E-state index is 0.481. The molecule has 0 atom stereocenters. The molecule has 0 saturated carbocycles. The molecule has 1 N–H and O–H groups in total. The zero-order chi connectivity index (χ0) is 13.0. The van der Waals surface area contributed by atoms with E-state index in [1.165, 1.54) is 11.1 Å². The molecule has 0 aliphatic carbocycles. The van der Waals surface area contributed by atoms with Crippen molar-refractivity contribution in [2.45, 2.75) is 39.8 Å². The van der Waals surface area contributed by atoms with Crippen LogP contribution in [0.1, 0.15) is 35.0 Å². The lowest BCUT2D eigenvalue weighted by Crippen LogP contribution is -2.21. The molecular formula is C14H19N3S. The third kappa shape index (κ3) is 3.89. The predicted molar refractivity (Wildman–Crippen MR) is 75.9 cm³/mol. The van der Waals surface area contributed by atoms with Gasteiger partial charge in [0.15, 0.2) is 0 Å². The van der Waals surface area contributed by atoms with Gasteiger partial charge in [-0.25, -0.2) is 0 Å². The number of hydrogen-bond donors (Lipinski definition) is 1. The Balaban J connectivity index is 1.95. The maximum absolute atomic E-state index is 4.24. The van der Waals surface area contributed by atoms with Crippen molar-refractivity contribution in [3.8, 4) is 0 Å². The summed E-state index contributed by atoms with van der Waals surface area (Å²) in [4.78, 5) is 0. The predicted octanol–water partition coefficient (Wildman–Crippen LogP) is 2.94. The van der Waals surface area contributed by atoms with E-state index in [0.29, 0.717) is 6.04 Å². The maximum Gasteiger partial charge on any atom is 0.131 e. The Morgan fingerprint density at radius 3 is 2.44 bits per heavy atom. The van der Waals surface area contributed by atoms with E-state index in [4.69, 9.17) is 0 Å². The van der Waals surface area contributed by atoms with Crippen LogP contribution in [0.4, 0.5) is 0 Å². The van der Waals surface area contributed by atoms with Gasteiger partial charge in [-0.3, -0.25) is 0 Å². The molecule has 3 nitrogen and oxygen atoms in total. The standard InChI is InChI=1S/C14H19N3S/c1-10(2)15-9-14-17-16-13(18-14)8-12-6-4-11(3)5-7-12/h4-7,10,15H,8-9H2,1-3H3. The van der Waals surface area contributed by atoms with Crippen molar-refractivity contribution in [1.29, 1.82) is 0 Å². The van der Waals surface area contributed by atoms with Crippen molar-refractivity contribution in [2.24, 2.45) is 0 Å². The summed E-state index contributed by atoms with van der Waals surface area (Å²) in [5.74, 6) is 0. The van der Waals surface area contributed by atoms with Gasteiger partial charge in [-0.1, -0.05) is 55.0 Å². The first-order valence-corrected chi connectivity index (χ1v) is 7.05. The number of aryl methyl sites for hydroxylation is 1. The Morgan fingerprint density at radius 1 is 1.11 bits per heavy atom. The molecule has 1 aromatic carbocycles. The minimum atomic E-state index is 0.481. The van der Waals surface area contributed by atoms with E-state index in [0.717, 1.165) is 23.0 Å². The highest BCUT2D eigenvalue weighted by Gasteiger charge is 2.05. The fourth-order valence-electron chi connectivity index (χ4n) is 1.60. The summed E-state index contributed by atoms with van der Waals surface area (Å²) < 4.78 is 0. The van der Waals surface area contributed by atoms with Gasteiger partial charge in [0.1, 0.15) is 10.0 Å². The van der Waals surface area contributed by atoms with Gasteiger partial charge in [0, 0.05) is 19.0 Å². The summed E-state index contributed by atoms with van der Waals surface area (Å²) in [5.41, 5.74) is 2.58. The van der Waals surface area contributed by atoms with E-state index in [1.807, 2.05) is 0 Å². The van der Waals surface area contributed by atoms with E-state index in [-0.39, 0.29) is 0 Å². The Labute approximate surface area is 112 Å². The van der Waals surface area contributed by atoms with Gasteiger partial charge in [0.2, 0.25) is 0 Å². The van der Waals surface area contributed by atoms with Crippen LogP contribution in [0.25, 0.3) is 0 Å². The average molecular weight is 261 g/mol. The van der Waals surface area contributed by atoms with Gasteiger partial charge < -0.3 is 5.32 Å². The number of benzene rings is 1. The summed E-state index contributed by atoms with van der Waals surface area (Å²) in [6.07, 6.45) is 0.875. The summed E-state index contributed by atoms with van der Waals surface area (Å²) in [5, 5.41) is 13.9. The molecule has 2 aromatic rings. The lowest BCUT2D eigenvalue weighted by molar-refractivity contribution is 0.584.